The lowest BCUT2D eigenvalue weighted by Gasteiger charge is -1.99. The van der Waals surface area contributed by atoms with Crippen LogP contribution >= 0.6 is 0 Å². The molecule has 4 nitrogen and oxygen atoms in total. The molecule has 5 heteroatoms. The van der Waals surface area contributed by atoms with E-state index >= 15 is 0 Å². The third-order valence-corrected chi connectivity index (χ3v) is 2.53. The monoisotopic (exact) mass is 267 g/mol. The maximum Gasteiger partial charge on any atom is 0.271 e. The molecule has 0 fully saturated rings. The quantitative estimate of drug-likeness (QED) is 0.685. The number of nitrogens with zero attached hydrogens (tertiary/aromatic N) is 2. The summed E-state index contributed by atoms with van der Waals surface area (Å²) in [6, 6.07) is 13.9. The van der Waals surface area contributed by atoms with Gasteiger partial charge in [0.25, 0.3) is 5.91 Å². The Bertz CT molecular complexity index is 670. The van der Waals surface area contributed by atoms with E-state index in [1.807, 2.05) is 6.07 Å². The molecular weight excluding hydrogens is 257 g/mol. The molecule has 0 spiro atoms. The second-order valence-electron chi connectivity index (χ2n) is 3.94. The summed E-state index contributed by atoms with van der Waals surface area (Å²) in [4.78, 5) is 11.7. The van der Waals surface area contributed by atoms with Crippen molar-refractivity contribution < 1.29 is 9.18 Å². The van der Waals surface area contributed by atoms with Gasteiger partial charge in [0.15, 0.2) is 0 Å². The van der Waals surface area contributed by atoms with Crippen LogP contribution in [-0.4, -0.2) is 12.1 Å². The van der Waals surface area contributed by atoms with Crippen molar-refractivity contribution in [3.8, 4) is 6.07 Å². The number of benzene rings is 2. The molecule has 2 rings (SSSR count). The first-order valence-corrected chi connectivity index (χ1v) is 5.78. The van der Waals surface area contributed by atoms with Crippen molar-refractivity contribution in [1.82, 2.24) is 5.43 Å². The van der Waals surface area contributed by atoms with Crippen LogP contribution in [0.25, 0.3) is 0 Å². The Balaban J connectivity index is 1.97. The lowest BCUT2D eigenvalue weighted by Crippen LogP contribution is -2.17. The van der Waals surface area contributed by atoms with Gasteiger partial charge in [-0.3, -0.25) is 4.79 Å². The highest BCUT2D eigenvalue weighted by molar-refractivity contribution is 5.94. The molecule has 0 heterocycles. The number of hydrazone groups is 1. The highest BCUT2D eigenvalue weighted by Crippen LogP contribution is 2.03. The van der Waals surface area contributed by atoms with Gasteiger partial charge in [-0.05, 0) is 42.0 Å². The first-order valence-electron chi connectivity index (χ1n) is 5.78. The second-order valence-corrected chi connectivity index (χ2v) is 3.94. The summed E-state index contributed by atoms with van der Waals surface area (Å²) < 4.78 is 12.7. The van der Waals surface area contributed by atoms with Gasteiger partial charge in [0.1, 0.15) is 5.82 Å². The van der Waals surface area contributed by atoms with Crippen molar-refractivity contribution in [3.05, 3.63) is 71.0 Å². The fourth-order valence-corrected chi connectivity index (χ4v) is 1.47. The van der Waals surface area contributed by atoms with Crippen molar-refractivity contribution in [2.45, 2.75) is 0 Å². The van der Waals surface area contributed by atoms with Gasteiger partial charge in [-0.1, -0.05) is 12.1 Å². The third kappa shape index (κ3) is 3.50. The number of hydrogen-bond donors (Lipinski definition) is 1. The molecule has 98 valence electrons. The van der Waals surface area contributed by atoms with Gasteiger partial charge in [0, 0.05) is 5.56 Å². The molecule has 0 aliphatic carbocycles. The van der Waals surface area contributed by atoms with Crippen LogP contribution in [0.15, 0.2) is 53.6 Å². The van der Waals surface area contributed by atoms with Gasteiger partial charge in [-0.15, -0.1) is 0 Å². The van der Waals surface area contributed by atoms with E-state index in [1.165, 1.54) is 30.5 Å². The minimum absolute atomic E-state index is 0.323. The summed E-state index contributed by atoms with van der Waals surface area (Å²) in [5, 5.41) is 12.5. The number of amides is 1. The maximum atomic E-state index is 12.7. The molecule has 0 saturated heterocycles. The Morgan fingerprint density at radius 1 is 1.15 bits per heavy atom. The lowest BCUT2D eigenvalue weighted by atomic mass is 10.2. The zero-order valence-electron chi connectivity index (χ0n) is 10.4. The van der Waals surface area contributed by atoms with E-state index in [0.29, 0.717) is 11.1 Å². The number of rotatable bonds is 3. The van der Waals surface area contributed by atoms with Gasteiger partial charge < -0.3 is 0 Å². The smallest absolute Gasteiger partial charge is 0.267 e. The van der Waals surface area contributed by atoms with Crippen LogP contribution in [0.4, 0.5) is 4.39 Å². The Morgan fingerprint density at radius 2 is 1.80 bits per heavy atom. The summed E-state index contributed by atoms with van der Waals surface area (Å²) in [7, 11) is 0. The van der Waals surface area contributed by atoms with Crippen LogP contribution in [0.3, 0.4) is 0 Å². The fraction of sp³-hybridized carbons (Fsp3) is 0. The van der Waals surface area contributed by atoms with Crippen LogP contribution in [0.1, 0.15) is 21.5 Å². The van der Waals surface area contributed by atoms with E-state index in [4.69, 9.17) is 5.26 Å². The van der Waals surface area contributed by atoms with Gasteiger partial charge in [-0.25, -0.2) is 9.82 Å². The minimum Gasteiger partial charge on any atom is -0.267 e. The van der Waals surface area contributed by atoms with Gasteiger partial charge in [0.2, 0.25) is 0 Å². The molecule has 1 N–H and O–H groups in total. The highest BCUT2D eigenvalue weighted by Gasteiger charge is 2.03. The molecule has 0 saturated carbocycles. The first kappa shape index (κ1) is 13.4. The van der Waals surface area contributed by atoms with Crippen LogP contribution in [0, 0.1) is 17.1 Å². The molecule has 1 amide bonds. The summed E-state index contributed by atoms with van der Waals surface area (Å²) >= 11 is 0. The average molecular weight is 267 g/mol. The van der Waals surface area contributed by atoms with Crippen molar-refractivity contribution >= 4 is 12.1 Å². The SMILES string of the molecule is N#Cc1ccc(/C=N/NC(=O)c2ccc(F)cc2)cc1. The molecular formula is C15H10FN3O. The molecule has 0 radical (unpaired) electrons. The topological polar surface area (TPSA) is 65.2 Å². The highest BCUT2D eigenvalue weighted by atomic mass is 19.1. The van der Waals surface area contributed by atoms with Crippen LogP contribution < -0.4 is 5.43 Å². The van der Waals surface area contributed by atoms with Crippen LogP contribution in [0.5, 0.6) is 0 Å². The van der Waals surface area contributed by atoms with Gasteiger partial charge >= 0.3 is 0 Å². The van der Waals surface area contributed by atoms with E-state index < -0.39 is 11.7 Å². The lowest BCUT2D eigenvalue weighted by molar-refractivity contribution is 0.0955. The Kier molecular flexibility index (Phi) is 4.20. The molecule has 2 aromatic rings. The minimum atomic E-state index is -0.421. The third-order valence-electron chi connectivity index (χ3n) is 2.53. The fourth-order valence-electron chi connectivity index (χ4n) is 1.47. The van der Waals surface area contributed by atoms with Crippen molar-refractivity contribution in [1.29, 1.82) is 5.26 Å². The van der Waals surface area contributed by atoms with E-state index in [2.05, 4.69) is 10.5 Å². The van der Waals surface area contributed by atoms with E-state index in [1.54, 1.807) is 24.3 Å². The van der Waals surface area contributed by atoms with E-state index in [-0.39, 0.29) is 0 Å². The zero-order chi connectivity index (χ0) is 14.4. The molecule has 0 bridgehead atoms. The standard InChI is InChI=1S/C15H10FN3O/c16-14-7-5-13(6-8-14)15(20)19-18-10-12-3-1-11(9-17)2-4-12/h1-8,10H,(H,19,20)/b18-10+. The number of nitrogens with one attached hydrogen (secondary N) is 1. The number of carbonyl (C=O) groups excluding carboxylic acids is 1. The van der Waals surface area contributed by atoms with Crippen molar-refractivity contribution in [2.75, 3.05) is 0 Å². The normalized spacial score (nSPS) is 10.2. The molecule has 0 atom stereocenters. The largest absolute Gasteiger partial charge is 0.271 e. The molecule has 0 aliphatic heterocycles. The molecule has 20 heavy (non-hydrogen) atoms. The molecule has 0 unspecified atom stereocenters. The van der Waals surface area contributed by atoms with Crippen molar-refractivity contribution in [3.63, 3.8) is 0 Å². The second kappa shape index (κ2) is 6.25. The number of hydrogen-bond acceptors (Lipinski definition) is 3. The predicted octanol–water partition coefficient (Wildman–Crippen LogP) is 2.46. The van der Waals surface area contributed by atoms with Gasteiger partial charge in [-0.2, -0.15) is 10.4 Å². The average Bonchev–Trinajstić information content (AvgIpc) is 2.48. The predicted molar refractivity (Wildman–Crippen MR) is 72.6 cm³/mol. The Labute approximate surface area is 115 Å². The molecule has 0 aromatic heterocycles. The summed E-state index contributed by atoms with van der Waals surface area (Å²) in [5.41, 5.74) is 3.97. The summed E-state index contributed by atoms with van der Waals surface area (Å²) in [5.74, 6) is -0.822. The Hall–Kier alpha value is -3.00. The number of halogens is 1. The number of nitriles is 1. The van der Waals surface area contributed by atoms with E-state index in [0.717, 1.165) is 5.56 Å². The van der Waals surface area contributed by atoms with E-state index in [9.17, 15) is 9.18 Å². The molecule has 2 aromatic carbocycles. The van der Waals surface area contributed by atoms with Gasteiger partial charge in [0.05, 0.1) is 17.8 Å². The van der Waals surface area contributed by atoms with Crippen LogP contribution in [-0.2, 0) is 0 Å². The number of carbonyl (C=O) groups is 1. The first-order chi connectivity index (χ1) is 9.69. The zero-order valence-corrected chi connectivity index (χ0v) is 10.4. The molecule has 0 aliphatic rings. The van der Waals surface area contributed by atoms with Crippen LogP contribution in [0.2, 0.25) is 0 Å². The summed E-state index contributed by atoms with van der Waals surface area (Å²) in [6.45, 7) is 0. The summed E-state index contributed by atoms with van der Waals surface area (Å²) in [6.07, 6.45) is 1.46. The Morgan fingerprint density at radius 3 is 2.40 bits per heavy atom. The van der Waals surface area contributed by atoms with Crippen molar-refractivity contribution in [2.24, 2.45) is 5.10 Å². The maximum absolute atomic E-state index is 12.7.